The monoisotopic (exact) mass is 318 g/mol. The Labute approximate surface area is 103 Å². The third-order valence-electron chi connectivity index (χ3n) is 1.40. The third kappa shape index (κ3) is 5.63. The summed E-state index contributed by atoms with van der Waals surface area (Å²) in [5.41, 5.74) is 6.18. The lowest BCUT2D eigenvalue weighted by Gasteiger charge is -1.93. The summed E-state index contributed by atoms with van der Waals surface area (Å²) in [5.74, 6) is -2.76. The number of hydrogen-bond donors (Lipinski definition) is 2. The van der Waals surface area contributed by atoms with Crippen molar-refractivity contribution in [3.8, 4) is 0 Å². The van der Waals surface area contributed by atoms with Crippen molar-refractivity contribution in [2.45, 2.75) is 26.2 Å². The minimum Gasteiger partial charge on any atom is -0.475 e. The lowest BCUT2D eigenvalue weighted by molar-refractivity contribution is -0.192. The number of hydrogen-bond acceptors (Lipinski definition) is 4. The fourth-order valence-corrected chi connectivity index (χ4v) is 1.05. The molecule has 0 spiro atoms. The fraction of sp³-hybridized carbons (Fsp3) is 0.571. The Hall–Kier alpha value is -1.16. The van der Waals surface area contributed by atoms with Crippen LogP contribution in [0.4, 0.5) is 13.2 Å². The molecule has 0 amide bonds. The summed E-state index contributed by atoms with van der Waals surface area (Å²) in [7, 11) is 0. The maximum atomic E-state index is 10.6. The second-order valence-corrected chi connectivity index (χ2v) is 3.38. The molecule has 0 unspecified atom stereocenters. The number of nitrogens with two attached hydrogens (primary N) is 1. The standard InChI is InChI=1S/C5H9BrN4.C2HF3O2/c1-2-10-8-4(3-7)5(6)9-10;3-2(4,5)1(6)7/h2-3,7H2,1H3;(H,6,7). The van der Waals surface area contributed by atoms with Gasteiger partial charge in [0.25, 0.3) is 0 Å². The number of carbonyl (C=O) groups is 1. The van der Waals surface area contributed by atoms with Gasteiger partial charge in [-0.2, -0.15) is 23.1 Å². The van der Waals surface area contributed by atoms with E-state index < -0.39 is 12.1 Å². The van der Waals surface area contributed by atoms with Crippen molar-refractivity contribution < 1.29 is 23.1 Å². The molecule has 0 aliphatic carbocycles. The van der Waals surface area contributed by atoms with Crippen molar-refractivity contribution >= 4 is 21.9 Å². The molecule has 0 atom stereocenters. The van der Waals surface area contributed by atoms with E-state index in [0.29, 0.717) is 6.54 Å². The van der Waals surface area contributed by atoms with Crippen molar-refractivity contribution in [3.63, 3.8) is 0 Å². The minimum absolute atomic E-state index is 0.431. The predicted molar refractivity (Wildman–Crippen MR) is 55.0 cm³/mol. The largest absolute Gasteiger partial charge is 0.490 e. The Morgan fingerprint density at radius 3 is 2.18 bits per heavy atom. The first-order valence-corrected chi connectivity index (χ1v) is 5.11. The average molecular weight is 319 g/mol. The van der Waals surface area contributed by atoms with Crippen LogP contribution in [0.3, 0.4) is 0 Å². The Bertz CT molecular complexity index is 380. The van der Waals surface area contributed by atoms with Crippen LogP contribution in [0.2, 0.25) is 0 Å². The third-order valence-corrected chi connectivity index (χ3v) is 2.01. The number of aryl methyl sites for hydroxylation is 1. The summed E-state index contributed by atoms with van der Waals surface area (Å²) in [6.07, 6.45) is -5.08. The van der Waals surface area contributed by atoms with E-state index in [4.69, 9.17) is 15.6 Å². The molecule has 6 nitrogen and oxygen atoms in total. The van der Waals surface area contributed by atoms with Crippen LogP contribution < -0.4 is 5.73 Å². The van der Waals surface area contributed by atoms with Crippen LogP contribution in [0.15, 0.2) is 4.60 Å². The molecule has 0 aromatic carbocycles. The van der Waals surface area contributed by atoms with Crippen molar-refractivity contribution in [2.24, 2.45) is 5.73 Å². The summed E-state index contributed by atoms with van der Waals surface area (Å²) in [6, 6.07) is 0. The first-order chi connectivity index (χ1) is 7.72. The number of aromatic nitrogens is 3. The highest BCUT2D eigenvalue weighted by molar-refractivity contribution is 9.10. The van der Waals surface area contributed by atoms with Crippen molar-refractivity contribution in [1.29, 1.82) is 0 Å². The molecule has 3 N–H and O–H groups in total. The minimum atomic E-state index is -5.08. The molecule has 0 aliphatic heterocycles. The van der Waals surface area contributed by atoms with Gasteiger partial charge < -0.3 is 10.8 Å². The van der Waals surface area contributed by atoms with Gasteiger partial charge in [-0.05, 0) is 22.9 Å². The number of halogens is 4. The molecule has 1 rings (SSSR count). The molecule has 0 fully saturated rings. The Morgan fingerprint density at radius 2 is 2.00 bits per heavy atom. The van der Waals surface area contributed by atoms with Gasteiger partial charge in [0.15, 0.2) is 4.60 Å². The molecular weight excluding hydrogens is 309 g/mol. The maximum absolute atomic E-state index is 10.6. The highest BCUT2D eigenvalue weighted by Gasteiger charge is 2.38. The average Bonchev–Trinajstić information content (AvgIpc) is 2.58. The second-order valence-electron chi connectivity index (χ2n) is 2.63. The van der Waals surface area contributed by atoms with E-state index in [1.54, 1.807) is 4.80 Å². The molecule has 10 heteroatoms. The summed E-state index contributed by atoms with van der Waals surface area (Å²) < 4.78 is 32.5. The van der Waals surface area contributed by atoms with Crippen molar-refractivity contribution in [3.05, 3.63) is 10.3 Å². The van der Waals surface area contributed by atoms with Crippen molar-refractivity contribution in [2.75, 3.05) is 0 Å². The van der Waals surface area contributed by atoms with Gasteiger partial charge in [-0.1, -0.05) is 0 Å². The summed E-state index contributed by atoms with van der Waals surface area (Å²) in [4.78, 5) is 10.5. The van der Waals surface area contributed by atoms with Crippen molar-refractivity contribution in [1.82, 2.24) is 15.0 Å². The lowest BCUT2D eigenvalue weighted by atomic mass is 10.5. The van der Waals surface area contributed by atoms with Crippen LogP contribution in [0.1, 0.15) is 12.6 Å². The lowest BCUT2D eigenvalue weighted by Crippen LogP contribution is -2.21. The van der Waals surface area contributed by atoms with Crippen LogP contribution in [0.5, 0.6) is 0 Å². The number of rotatable bonds is 2. The Kier molecular flexibility index (Phi) is 6.10. The van der Waals surface area contributed by atoms with Gasteiger partial charge in [0.05, 0.1) is 6.54 Å². The first-order valence-electron chi connectivity index (χ1n) is 4.32. The maximum Gasteiger partial charge on any atom is 0.490 e. The quantitative estimate of drug-likeness (QED) is 0.853. The molecule has 1 aromatic heterocycles. The molecule has 98 valence electrons. The molecule has 0 saturated carbocycles. The SMILES string of the molecule is CCn1nc(Br)c(CN)n1.O=C(O)C(F)(F)F. The van der Waals surface area contributed by atoms with Crippen LogP contribution in [-0.2, 0) is 17.9 Å². The first kappa shape index (κ1) is 15.8. The normalized spacial score (nSPS) is 10.7. The number of nitrogens with zero attached hydrogens (tertiary/aromatic N) is 3. The van der Waals surface area contributed by atoms with E-state index in [1.165, 1.54) is 0 Å². The zero-order chi connectivity index (χ0) is 13.6. The number of carboxylic acid groups (broad SMARTS) is 1. The molecule has 0 bridgehead atoms. The topological polar surface area (TPSA) is 94.0 Å². The zero-order valence-electron chi connectivity index (χ0n) is 8.70. The van der Waals surface area contributed by atoms with E-state index in [1.807, 2.05) is 6.92 Å². The molecule has 0 saturated heterocycles. The molecule has 1 heterocycles. The fourth-order valence-electron chi connectivity index (χ4n) is 0.628. The van der Waals surface area contributed by atoms with Gasteiger partial charge in [0.2, 0.25) is 0 Å². The Morgan fingerprint density at radius 1 is 1.53 bits per heavy atom. The van der Waals surface area contributed by atoms with E-state index in [-0.39, 0.29) is 0 Å². The smallest absolute Gasteiger partial charge is 0.475 e. The molecule has 0 radical (unpaired) electrons. The van der Waals surface area contributed by atoms with E-state index in [9.17, 15) is 13.2 Å². The molecule has 0 aliphatic rings. The molecule has 17 heavy (non-hydrogen) atoms. The van der Waals surface area contributed by atoms with Gasteiger partial charge in [0, 0.05) is 6.54 Å². The second kappa shape index (κ2) is 6.55. The van der Waals surface area contributed by atoms with Crippen LogP contribution in [-0.4, -0.2) is 32.2 Å². The predicted octanol–water partition coefficient (Wildman–Crippen LogP) is 1.15. The molecule has 1 aromatic rings. The van der Waals surface area contributed by atoms with Crippen LogP contribution in [0, 0.1) is 0 Å². The van der Waals surface area contributed by atoms with Gasteiger partial charge >= 0.3 is 12.1 Å². The van der Waals surface area contributed by atoms with Crippen LogP contribution in [0.25, 0.3) is 0 Å². The summed E-state index contributed by atoms with van der Waals surface area (Å²) in [5, 5.41) is 15.2. The number of aliphatic carboxylic acids is 1. The number of alkyl halides is 3. The number of carboxylic acids is 1. The van der Waals surface area contributed by atoms with Gasteiger partial charge in [-0.3, -0.25) is 0 Å². The van der Waals surface area contributed by atoms with Crippen LogP contribution >= 0.6 is 15.9 Å². The van der Waals surface area contributed by atoms with E-state index >= 15 is 0 Å². The summed E-state index contributed by atoms with van der Waals surface area (Å²) >= 11 is 3.24. The highest BCUT2D eigenvalue weighted by atomic mass is 79.9. The van der Waals surface area contributed by atoms with Gasteiger partial charge in [-0.25, -0.2) is 4.79 Å². The summed E-state index contributed by atoms with van der Waals surface area (Å²) in [6.45, 7) is 3.19. The van der Waals surface area contributed by atoms with Gasteiger partial charge in [0.1, 0.15) is 5.69 Å². The Balaban J connectivity index is 0.000000325. The highest BCUT2D eigenvalue weighted by Crippen LogP contribution is 2.13. The molecular formula is C7H10BrF3N4O2. The van der Waals surface area contributed by atoms with E-state index in [2.05, 4.69) is 26.1 Å². The van der Waals surface area contributed by atoms with Gasteiger partial charge in [-0.15, -0.1) is 5.10 Å². The zero-order valence-corrected chi connectivity index (χ0v) is 10.3. The van der Waals surface area contributed by atoms with E-state index in [0.717, 1.165) is 16.8 Å².